The predicted octanol–water partition coefficient (Wildman–Crippen LogP) is 0.244. The zero-order chi connectivity index (χ0) is 14.8. The van der Waals surface area contributed by atoms with E-state index in [9.17, 15) is 15.3 Å². The Kier molecular flexibility index (Phi) is 4.66. The van der Waals surface area contributed by atoms with Gasteiger partial charge in [-0.1, -0.05) is 0 Å². The van der Waals surface area contributed by atoms with Gasteiger partial charge in [-0.2, -0.15) is 5.26 Å². The number of rotatable bonds is 4. The van der Waals surface area contributed by atoms with Crippen LogP contribution in [0.1, 0.15) is 25.7 Å². The minimum absolute atomic E-state index is 0.619. The number of aliphatic hydroxyl groups excluding tert-OH is 3. The van der Waals surface area contributed by atoms with E-state index in [1.165, 1.54) is 0 Å². The summed E-state index contributed by atoms with van der Waals surface area (Å²) in [5, 5.41) is 38.5. The molecule has 1 aliphatic heterocycles. The molecular weight excluding hydrogens is 262 g/mol. The second-order valence-electron chi connectivity index (χ2n) is 5.25. The van der Waals surface area contributed by atoms with Gasteiger partial charge < -0.3 is 24.8 Å². The molecule has 1 fully saturated rings. The number of hydrogen-bond acceptors (Lipinski definition) is 6. The van der Waals surface area contributed by atoms with E-state index in [0.717, 1.165) is 25.7 Å². The van der Waals surface area contributed by atoms with Crippen LogP contribution in [0.3, 0.4) is 0 Å². The molecule has 1 unspecified atom stereocenters. The van der Waals surface area contributed by atoms with E-state index >= 15 is 0 Å². The van der Waals surface area contributed by atoms with Crippen LogP contribution in [-0.4, -0.2) is 46.0 Å². The molecule has 0 amide bonds. The first kappa shape index (κ1) is 15.3. The third kappa shape index (κ3) is 2.54. The third-order valence-electron chi connectivity index (χ3n) is 3.95. The van der Waals surface area contributed by atoms with Crippen molar-refractivity contribution in [3.8, 4) is 6.07 Å². The van der Waals surface area contributed by atoms with Gasteiger partial charge in [0.05, 0.1) is 24.4 Å². The second kappa shape index (κ2) is 6.10. The number of allylic oxidation sites excluding steroid dienone is 2. The van der Waals surface area contributed by atoms with Crippen molar-refractivity contribution in [3.05, 3.63) is 18.8 Å². The molecule has 2 aliphatic rings. The Labute approximate surface area is 118 Å². The van der Waals surface area contributed by atoms with Gasteiger partial charge in [0, 0.05) is 6.42 Å². The van der Waals surface area contributed by atoms with E-state index in [-0.39, 0.29) is 0 Å². The molecule has 6 heteroatoms. The summed E-state index contributed by atoms with van der Waals surface area (Å²) in [6, 6.07) is 1.84. The number of nitrogens with zero attached hydrogens (tertiary/aromatic N) is 1. The van der Waals surface area contributed by atoms with Crippen LogP contribution in [-0.2, 0) is 9.47 Å². The lowest BCUT2D eigenvalue weighted by Crippen LogP contribution is -2.51. The van der Waals surface area contributed by atoms with E-state index in [0.29, 0.717) is 5.76 Å². The summed E-state index contributed by atoms with van der Waals surface area (Å²) in [6.07, 6.45) is 1.82. The number of aliphatic hydroxyl groups is 3. The normalized spacial score (nSPS) is 39.0. The number of nitriles is 1. The van der Waals surface area contributed by atoms with Crippen molar-refractivity contribution in [2.75, 3.05) is 6.61 Å². The van der Waals surface area contributed by atoms with Crippen molar-refractivity contribution >= 4 is 0 Å². The maximum absolute atomic E-state index is 10.1. The quantitative estimate of drug-likeness (QED) is 0.682. The van der Waals surface area contributed by atoms with Crippen molar-refractivity contribution in [3.63, 3.8) is 0 Å². The van der Waals surface area contributed by atoms with Crippen LogP contribution in [0, 0.1) is 24.2 Å². The summed E-state index contributed by atoms with van der Waals surface area (Å²) in [6.45, 7) is 2.94. The summed E-state index contributed by atoms with van der Waals surface area (Å²) < 4.78 is 11.0. The molecule has 0 aromatic rings. The molecule has 20 heavy (non-hydrogen) atoms. The molecule has 0 spiro atoms. The van der Waals surface area contributed by atoms with Gasteiger partial charge in [-0.05, 0) is 32.3 Å². The molecule has 1 saturated heterocycles. The first-order chi connectivity index (χ1) is 9.55. The molecule has 2 rings (SSSR count). The molecule has 0 saturated carbocycles. The van der Waals surface area contributed by atoms with Crippen molar-refractivity contribution in [2.45, 2.75) is 49.8 Å². The molecule has 3 N–H and O–H groups in total. The highest BCUT2D eigenvalue weighted by molar-refractivity contribution is 5.11. The van der Waals surface area contributed by atoms with Gasteiger partial charge in [0.25, 0.3) is 0 Å². The Hall–Kier alpha value is -1.13. The van der Waals surface area contributed by atoms with E-state index < -0.39 is 36.6 Å². The minimum atomic E-state index is -1.62. The molecule has 0 aromatic heterocycles. The highest BCUT2D eigenvalue weighted by atomic mass is 16.7. The van der Waals surface area contributed by atoms with Crippen molar-refractivity contribution in [2.24, 2.45) is 5.92 Å². The molecular formula is C14H20NO5. The van der Waals surface area contributed by atoms with Crippen LogP contribution in [0.15, 0.2) is 11.8 Å². The van der Waals surface area contributed by atoms with E-state index in [1.807, 2.05) is 12.1 Å². The van der Waals surface area contributed by atoms with Crippen LogP contribution in [0.25, 0.3) is 0 Å². The largest absolute Gasteiger partial charge is 0.467 e. The standard InChI is InChI=1S/C14H20NO5/c1-9(7-15)14(8-16)12(18)11(17)13(20-14)19-10-5-3-2-4-6-10/h5,9,11-13,16-18H,1-4,6,8H2/t9?,11-,12+,13+,14-/m1/s1. The zero-order valence-corrected chi connectivity index (χ0v) is 11.2. The van der Waals surface area contributed by atoms with E-state index in [1.54, 1.807) is 0 Å². The Bertz CT molecular complexity index is 418. The lowest BCUT2D eigenvalue weighted by Gasteiger charge is -2.31. The fourth-order valence-electron chi connectivity index (χ4n) is 2.59. The first-order valence-corrected chi connectivity index (χ1v) is 6.78. The Morgan fingerprint density at radius 1 is 1.55 bits per heavy atom. The summed E-state index contributed by atoms with van der Waals surface area (Å²) in [5.41, 5.74) is -1.62. The molecule has 6 nitrogen and oxygen atoms in total. The average molecular weight is 282 g/mol. The molecule has 1 heterocycles. The fraction of sp³-hybridized carbons (Fsp3) is 0.714. The molecule has 0 bridgehead atoms. The van der Waals surface area contributed by atoms with Crippen molar-refractivity contribution in [1.82, 2.24) is 0 Å². The minimum Gasteiger partial charge on any atom is -0.467 e. The highest BCUT2D eigenvalue weighted by Gasteiger charge is 2.58. The van der Waals surface area contributed by atoms with Crippen molar-refractivity contribution in [1.29, 1.82) is 5.26 Å². The summed E-state index contributed by atoms with van der Waals surface area (Å²) in [7, 11) is 0. The third-order valence-corrected chi connectivity index (χ3v) is 3.95. The molecule has 0 aromatic carbocycles. The molecule has 1 aliphatic carbocycles. The van der Waals surface area contributed by atoms with Gasteiger partial charge in [-0.3, -0.25) is 0 Å². The lowest BCUT2D eigenvalue weighted by molar-refractivity contribution is -0.192. The van der Waals surface area contributed by atoms with Crippen LogP contribution >= 0.6 is 0 Å². The SMILES string of the molecule is [CH2]C(C#N)[C@@]1(CO)O[C@H](OC2=CCCCC2)[C@H](O)[C@@H]1O. The average Bonchev–Trinajstić information content (AvgIpc) is 2.73. The van der Waals surface area contributed by atoms with Crippen LogP contribution in [0.2, 0.25) is 0 Å². The summed E-state index contributed by atoms with van der Waals surface area (Å²) in [5.74, 6) is -0.315. The summed E-state index contributed by atoms with van der Waals surface area (Å²) in [4.78, 5) is 0. The zero-order valence-electron chi connectivity index (χ0n) is 11.2. The van der Waals surface area contributed by atoms with Crippen LogP contribution in [0.4, 0.5) is 0 Å². The predicted molar refractivity (Wildman–Crippen MR) is 68.8 cm³/mol. The van der Waals surface area contributed by atoms with Gasteiger partial charge in [0.15, 0.2) is 0 Å². The maximum atomic E-state index is 10.1. The topological polar surface area (TPSA) is 103 Å². The summed E-state index contributed by atoms with van der Waals surface area (Å²) >= 11 is 0. The molecule has 5 atom stereocenters. The molecule has 1 radical (unpaired) electrons. The van der Waals surface area contributed by atoms with Crippen molar-refractivity contribution < 1.29 is 24.8 Å². The highest BCUT2D eigenvalue weighted by Crippen LogP contribution is 2.38. The first-order valence-electron chi connectivity index (χ1n) is 6.78. The van der Waals surface area contributed by atoms with Gasteiger partial charge in [0.1, 0.15) is 17.8 Å². The lowest BCUT2D eigenvalue weighted by atomic mass is 9.85. The van der Waals surface area contributed by atoms with E-state index in [2.05, 4.69) is 6.92 Å². The second-order valence-corrected chi connectivity index (χ2v) is 5.25. The van der Waals surface area contributed by atoms with Gasteiger partial charge >= 0.3 is 0 Å². The smallest absolute Gasteiger partial charge is 0.229 e. The van der Waals surface area contributed by atoms with Crippen LogP contribution < -0.4 is 0 Å². The Morgan fingerprint density at radius 2 is 2.30 bits per heavy atom. The van der Waals surface area contributed by atoms with Crippen LogP contribution in [0.5, 0.6) is 0 Å². The maximum Gasteiger partial charge on any atom is 0.229 e. The fourth-order valence-corrected chi connectivity index (χ4v) is 2.59. The number of ether oxygens (including phenoxy) is 2. The van der Waals surface area contributed by atoms with Gasteiger partial charge in [-0.25, -0.2) is 0 Å². The number of hydrogen-bond donors (Lipinski definition) is 3. The monoisotopic (exact) mass is 282 g/mol. The van der Waals surface area contributed by atoms with E-state index in [4.69, 9.17) is 14.7 Å². The molecule has 111 valence electrons. The van der Waals surface area contributed by atoms with Gasteiger partial charge in [-0.15, -0.1) is 0 Å². The Balaban J connectivity index is 2.13. The van der Waals surface area contributed by atoms with Gasteiger partial charge in [0.2, 0.25) is 6.29 Å². The Morgan fingerprint density at radius 3 is 2.85 bits per heavy atom.